The van der Waals surface area contributed by atoms with Crippen molar-refractivity contribution in [1.82, 2.24) is 4.98 Å². The second kappa shape index (κ2) is 7.60. The number of benzene rings is 3. The molecule has 5 rings (SSSR count). The molecule has 0 aliphatic carbocycles. The van der Waals surface area contributed by atoms with Crippen LogP contribution in [0.2, 0.25) is 0 Å². The van der Waals surface area contributed by atoms with Crippen molar-refractivity contribution in [2.45, 2.75) is 13.3 Å². The largest absolute Gasteiger partial charge is 0.456 e. The van der Waals surface area contributed by atoms with Crippen LogP contribution < -0.4 is 5.32 Å². The summed E-state index contributed by atoms with van der Waals surface area (Å²) in [7, 11) is 0. The summed E-state index contributed by atoms with van der Waals surface area (Å²) >= 11 is 0. The Balaban J connectivity index is 1.58. The van der Waals surface area contributed by atoms with Gasteiger partial charge >= 0.3 is 0 Å². The van der Waals surface area contributed by atoms with Crippen LogP contribution in [-0.4, -0.2) is 16.5 Å². The van der Waals surface area contributed by atoms with Gasteiger partial charge < -0.3 is 14.2 Å². The van der Waals surface area contributed by atoms with Crippen molar-refractivity contribution in [3.63, 3.8) is 0 Å². The number of hydrogen-bond donors (Lipinski definition) is 1. The molecule has 0 aliphatic heterocycles. The number of rotatable bonds is 6. The predicted octanol–water partition coefficient (Wildman–Crippen LogP) is 6.64. The first-order valence-electron chi connectivity index (χ1n) is 10.0. The maximum atomic E-state index is 11.3. The van der Waals surface area contributed by atoms with E-state index < -0.39 is 4.92 Å². The van der Waals surface area contributed by atoms with Gasteiger partial charge in [-0.05, 0) is 42.8 Å². The van der Waals surface area contributed by atoms with Crippen LogP contribution in [0.1, 0.15) is 13.3 Å². The first-order chi connectivity index (χ1) is 15.1. The first kappa shape index (κ1) is 18.9. The number of anilines is 1. The summed E-state index contributed by atoms with van der Waals surface area (Å²) in [6.07, 6.45) is 0.921. The number of oxazole rings is 1. The van der Waals surface area contributed by atoms with E-state index in [1.54, 1.807) is 6.07 Å². The van der Waals surface area contributed by atoms with E-state index >= 15 is 0 Å². The van der Waals surface area contributed by atoms with Crippen LogP contribution in [0.25, 0.3) is 44.8 Å². The number of nitro benzene ring substituents is 1. The van der Waals surface area contributed by atoms with Crippen molar-refractivity contribution in [3.05, 3.63) is 76.8 Å². The summed E-state index contributed by atoms with van der Waals surface area (Å²) in [5.41, 5.74) is 4.25. The lowest BCUT2D eigenvalue weighted by Gasteiger charge is -2.08. The minimum Gasteiger partial charge on any atom is -0.456 e. The molecule has 0 amide bonds. The predicted molar refractivity (Wildman–Crippen MR) is 120 cm³/mol. The highest BCUT2D eigenvalue weighted by Gasteiger charge is 2.18. The van der Waals surface area contributed by atoms with E-state index in [0.29, 0.717) is 22.6 Å². The number of nitrogens with one attached hydrogen (secondary N) is 1. The van der Waals surface area contributed by atoms with Gasteiger partial charge in [-0.1, -0.05) is 25.1 Å². The highest BCUT2D eigenvalue weighted by molar-refractivity contribution is 5.87. The minimum absolute atomic E-state index is 0.0118. The van der Waals surface area contributed by atoms with Gasteiger partial charge in [-0.3, -0.25) is 10.1 Å². The zero-order valence-corrected chi connectivity index (χ0v) is 16.8. The Labute approximate surface area is 177 Å². The van der Waals surface area contributed by atoms with Crippen LogP contribution in [0.5, 0.6) is 0 Å². The van der Waals surface area contributed by atoms with Gasteiger partial charge in [0.15, 0.2) is 5.58 Å². The molecule has 3 aromatic carbocycles. The topological polar surface area (TPSA) is 94.3 Å². The molecule has 0 unspecified atom stereocenters. The fourth-order valence-corrected chi connectivity index (χ4v) is 3.56. The van der Waals surface area contributed by atoms with Gasteiger partial charge in [0.25, 0.3) is 5.69 Å². The van der Waals surface area contributed by atoms with E-state index in [4.69, 9.17) is 8.83 Å². The van der Waals surface area contributed by atoms with Gasteiger partial charge in [-0.2, -0.15) is 0 Å². The Bertz CT molecular complexity index is 1380. The van der Waals surface area contributed by atoms with Crippen LogP contribution in [0.4, 0.5) is 11.4 Å². The van der Waals surface area contributed by atoms with Crippen molar-refractivity contribution >= 4 is 33.4 Å². The summed E-state index contributed by atoms with van der Waals surface area (Å²) in [6, 6.07) is 20.1. The van der Waals surface area contributed by atoms with Crippen LogP contribution in [-0.2, 0) is 0 Å². The van der Waals surface area contributed by atoms with E-state index in [9.17, 15) is 10.1 Å². The third-order valence-corrected chi connectivity index (χ3v) is 5.11. The zero-order chi connectivity index (χ0) is 21.4. The van der Waals surface area contributed by atoms with E-state index in [-0.39, 0.29) is 5.69 Å². The van der Waals surface area contributed by atoms with Gasteiger partial charge in [0.2, 0.25) is 5.89 Å². The second-order valence-corrected chi connectivity index (χ2v) is 7.26. The number of furan rings is 1. The number of fused-ring (bicyclic) bond motifs is 2. The van der Waals surface area contributed by atoms with Gasteiger partial charge in [0.05, 0.1) is 10.5 Å². The molecule has 31 heavy (non-hydrogen) atoms. The number of nitro groups is 1. The number of nitrogens with zero attached hydrogens (tertiary/aromatic N) is 2. The fourth-order valence-electron chi connectivity index (χ4n) is 3.56. The van der Waals surface area contributed by atoms with E-state index in [2.05, 4.69) is 17.2 Å². The SMILES string of the molecule is CCCNc1ccc([N+](=O)[O-])cc1-c1nc2cc(-c3cc4ccccc4o3)ccc2o1. The number of aromatic nitrogens is 1. The Hall–Kier alpha value is -4.13. The molecule has 0 radical (unpaired) electrons. The van der Waals surface area contributed by atoms with Gasteiger partial charge in [-0.15, -0.1) is 0 Å². The maximum Gasteiger partial charge on any atom is 0.270 e. The molecule has 0 saturated carbocycles. The third-order valence-electron chi connectivity index (χ3n) is 5.11. The smallest absolute Gasteiger partial charge is 0.270 e. The molecule has 0 spiro atoms. The molecule has 2 aromatic heterocycles. The van der Waals surface area contributed by atoms with Crippen LogP contribution in [0.3, 0.4) is 0 Å². The Kier molecular flexibility index (Phi) is 4.63. The zero-order valence-electron chi connectivity index (χ0n) is 16.8. The molecule has 1 N–H and O–H groups in total. The third kappa shape index (κ3) is 3.50. The monoisotopic (exact) mass is 413 g/mol. The first-order valence-corrected chi connectivity index (χ1v) is 10.0. The Morgan fingerprint density at radius 2 is 1.87 bits per heavy atom. The average Bonchev–Trinajstić information content (AvgIpc) is 3.41. The molecule has 0 bridgehead atoms. The standard InChI is InChI=1S/C24H19N3O4/c1-2-11-25-19-9-8-17(27(28)29)14-18(19)24-26-20-12-16(7-10-22(20)31-24)23-13-15-5-3-4-6-21(15)30-23/h3-10,12-14,25H,2,11H2,1H3. The Morgan fingerprint density at radius 3 is 2.68 bits per heavy atom. The van der Waals surface area contributed by atoms with E-state index in [1.807, 2.05) is 48.5 Å². The van der Waals surface area contributed by atoms with Gasteiger partial charge in [-0.25, -0.2) is 4.98 Å². The van der Waals surface area contributed by atoms with Gasteiger partial charge in [0, 0.05) is 35.3 Å². The summed E-state index contributed by atoms with van der Waals surface area (Å²) in [5.74, 6) is 1.08. The average molecular weight is 413 g/mol. The summed E-state index contributed by atoms with van der Waals surface area (Å²) < 4.78 is 11.9. The Morgan fingerprint density at radius 1 is 1.00 bits per heavy atom. The highest BCUT2D eigenvalue weighted by Crippen LogP contribution is 2.35. The molecule has 5 aromatic rings. The lowest BCUT2D eigenvalue weighted by molar-refractivity contribution is -0.384. The van der Waals surface area contributed by atoms with Crippen molar-refractivity contribution < 1.29 is 13.8 Å². The normalized spacial score (nSPS) is 11.3. The van der Waals surface area contributed by atoms with Crippen molar-refractivity contribution in [2.24, 2.45) is 0 Å². The fraction of sp³-hybridized carbons (Fsp3) is 0.125. The molecular formula is C24H19N3O4. The molecular weight excluding hydrogens is 394 g/mol. The molecule has 0 saturated heterocycles. The number of para-hydroxylation sites is 1. The summed E-state index contributed by atoms with van der Waals surface area (Å²) in [6.45, 7) is 2.79. The summed E-state index contributed by atoms with van der Waals surface area (Å²) in [4.78, 5) is 15.5. The van der Waals surface area contributed by atoms with Crippen molar-refractivity contribution in [1.29, 1.82) is 0 Å². The molecule has 0 fully saturated rings. The van der Waals surface area contributed by atoms with Crippen LogP contribution in [0, 0.1) is 10.1 Å². The maximum absolute atomic E-state index is 11.3. The molecule has 0 aliphatic rings. The molecule has 154 valence electrons. The lowest BCUT2D eigenvalue weighted by atomic mass is 10.1. The van der Waals surface area contributed by atoms with E-state index in [1.165, 1.54) is 12.1 Å². The molecule has 7 nitrogen and oxygen atoms in total. The molecule has 7 heteroatoms. The lowest BCUT2D eigenvalue weighted by Crippen LogP contribution is -2.02. The molecule has 2 heterocycles. The second-order valence-electron chi connectivity index (χ2n) is 7.26. The highest BCUT2D eigenvalue weighted by atomic mass is 16.6. The van der Waals surface area contributed by atoms with Crippen LogP contribution >= 0.6 is 0 Å². The summed E-state index contributed by atoms with van der Waals surface area (Å²) in [5, 5.41) is 15.6. The number of non-ortho nitro benzene ring substituents is 1. The van der Waals surface area contributed by atoms with Crippen molar-refractivity contribution in [2.75, 3.05) is 11.9 Å². The molecule has 0 atom stereocenters. The number of hydrogen-bond acceptors (Lipinski definition) is 6. The quantitative estimate of drug-likeness (QED) is 0.248. The van der Waals surface area contributed by atoms with E-state index in [0.717, 1.165) is 40.9 Å². The van der Waals surface area contributed by atoms with Gasteiger partial charge in [0.1, 0.15) is 16.9 Å². The van der Waals surface area contributed by atoms with Crippen LogP contribution in [0.15, 0.2) is 75.6 Å². The van der Waals surface area contributed by atoms with Crippen molar-refractivity contribution in [3.8, 4) is 22.8 Å². The minimum atomic E-state index is -0.421.